The quantitative estimate of drug-likeness (QED) is 0.923. The van der Waals surface area contributed by atoms with Crippen LogP contribution in [-0.4, -0.2) is 19.7 Å². The van der Waals surface area contributed by atoms with Crippen molar-refractivity contribution in [3.05, 3.63) is 31.9 Å². The van der Waals surface area contributed by atoms with Crippen LogP contribution in [0, 0.1) is 13.8 Å². The number of aromatic nitrogens is 4. The van der Waals surface area contributed by atoms with E-state index in [-0.39, 0.29) is 5.56 Å². The second-order valence-electron chi connectivity index (χ2n) is 5.06. The molecular weight excluding hydrogens is 308 g/mol. The maximum absolute atomic E-state index is 12.0. The second-order valence-corrected chi connectivity index (χ2v) is 5.85. The van der Waals surface area contributed by atoms with E-state index >= 15 is 0 Å². The molecule has 19 heavy (non-hydrogen) atoms. The molecule has 0 atom stereocenters. The Balaban J connectivity index is 2.23. The standard InChI is InChI=1S/C13H15BrN4O/c1-6-9(7(2)18(3)17-6)12-15-11(8-4-5-8)10(14)13(19)16-12/h8H,4-5H2,1-3H3,(H,15,16,19). The summed E-state index contributed by atoms with van der Waals surface area (Å²) < 4.78 is 2.38. The minimum absolute atomic E-state index is 0.116. The fourth-order valence-electron chi connectivity index (χ4n) is 2.34. The van der Waals surface area contributed by atoms with Crippen LogP contribution >= 0.6 is 15.9 Å². The average molecular weight is 323 g/mol. The van der Waals surface area contributed by atoms with Crippen molar-refractivity contribution in [1.82, 2.24) is 19.7 Å². The highest BCUT2D eigenvalue weighted by atomic mass is 79.9. The number of halogens is 1. The van der Waals surface area contributed by atoms with Gasteiger partial charge in [-0.3, -0.25) is 9.48 Å². The molecule has 0 radical (unpaired) electrons. The van der Waals surface area contributed by atoms with Gasteiger partial charge in [0.1, 0.15) is 10.3 Å². The van der Waals surface area contributed by atoms with Gasteiger partial charge in [-0.05, 0) is 42.6 Å². The minimum Gasteiger partial charge on any atom is -0.305 e. The molecule has 6 heteroatoms. The van der Waals surface area contributed by atoms with Gasteiger partial charge in [-0.1, -0.05) is 0 Å². The van der Waals surface area contributed by atoms with Crippen LogP contribution in [0.15, 0.2) is 9.27 Å². The van der Waals surface area contributed by atoms with E-state index in [0.717, 1.165) is 35.5 Å². The van der Waals surface area contributed by atoms with Crippen LogP contribution in [-0.2, 0) is 7.05 Å². The van der Waals surface area contributed by atoms with Crippen molar-refractivity contribution in [2.24, 2.45) is 7.05 Å². The monoisotopic (exact) mass is 322 g/mol. The maximum Gasteiger partial charge on any atom is 0.265 e. The molecule has 1 fully saturated rings. The van der Waals surface area contributed by atoms with Gasteiger partial charge in [-0.25, -0.2) is 4.98 Å². The predicted octanol–water partition coefficient (Wildman–Crippen LogP) is 2.43. The zero-order valence-electron chi connectivity index (χ0n) is 11.1. The Morgan fingerprint density at radius 3 is 2.58 bits per heavy atom. The summed E-state index contributed by atoms with van der Waals surface area (Å²) in [5.74, 6) is 1.05. The number of hydrogen-bond donors (Lipinski definition) is 1. The topological polar surface area (TPSA) is 63.6 Å². The summed E-state index contributed by atoms with van der Waals surface area (Å²) in [5.41, 5.74) is 3.57. The van der Waals surface area contributed by atoms with Crippen LogP contribution in [0.3, 0.4) is 0 Å². The molecule has 0 aromatic carbocycles. The molecule has 5 nitrogen and oxygen atoms in total. The van der Waals surface area contributed by atoms with Crippen LogP contribution in [0.5, 0.6) is 0 Å². The van der Waals surface area contributed by atoms with Crippen molar-refractivity contribution in [1.29, 1.82) is 0 Å². The largest absolute Gasteiger partial charge is 0.305 e. The summed E-state index contributed by atoms with van der Waals surface area (Å²) in [4.78, 5) is 19.5. The summed E-state index contributed by atoms with van der Waals surface area (Å²) in [6.45, 7) is 3.91. The van der Waals surface area contributed by atoms with Gasteiger partial charge >= 0.3 is 0 Å². The summed E-state index contributed by atoms with van der Waals surface area (Å²) in [7, 11) is 1.89. The third kappa shape index (κ3) is 2.04. The minimum atomic E-state index is -0.116. The lowest BCUT2D eigenvalue weighted by Gasteiger charge is -2.06. The SMILES string of the molecule is Cc1nn(C)c(C)c1-c1nc(C2CC2)c(Br)c(=O)[nH]1. The van der Waals surface area contributed by atoms with E-state index in [2.05, 4.69) is 31.0 Å². The summed E-state index contributed by atoms with van der Waals surface area (Å²) in [5, 5.41) is 4.37. The van der Waals surface area contributed by atoms with Crippen molar-refractivity contribution in [2.45, 2.75) is 32.6 Å². The molecule has 2 heterocycles. The average Bonchev–Trinajstić information content (AvgIpc) is 3.13. The number of hydrogen-bond acceptors (Lipinski definition) is 3. The summed E-state index contributed by atoms with van der Waals surface area (Å²) in [6.07, 6.45) is 2.22. The molecule has 1 aliphatic carbocycles. The number of nitrogens with zero attached hydrogens (tertiary/aromatic N) is 3. The van der Waals surface area contributed by atoms with Crippen molar-refractivity contribution in [2.75, 3.05) is 0 Å². The third-order valence-corrected chi connectivity index (χ3v) is 4.36. The van der Waals surface area contributed by atoms with E-state index in [1.165, 1.54) is 0 Å². The summed E-state index contributed by atoms with van der Waals surface area (Å²) in [6, 6.07) is 0. The van der Waals surface area contributed by atoms with Gasteiger partial charge in [0.2, 0.25) is 0 Å². The first-order valence-corrected chi connectivity index (χ1v) is 7.08. The molecule has 1 aliphatic rings. The van der Waals surface area contributed by atoms with Crippen molar-refractivity contribution in [3.63, 3.8) is 0 Å². The first kappa shape index (κ1) is 12.6. The van der Waals surface area contributed by atoms with Crippen molar-refractivity contribution < 1.29 is 0 Å². The molecule has 0 bridgehead atoms. The summed E-state index contributed by atoms with van der Waals surface area (Å²) >= 11 is 3.34. The van der Waals surface area contributed by atoms with E-state index in [1.54, 1.807) is 0 Å². The molecule has 0 saturated heterocycles. The lowest BCUT2D eigenvalue weighted by molar-refractivity contribution is 0.731. The van der Waals surface area contributed by atoms with Gasteiger partial charge in [-0.2, -0.15) is 5.10 Å². The Hall–Kier alpha value is -1.43. The zero-order valence-corrected chi connectivity index (χ0v) is 12.7. The smallest absolute Gasteiger partial charge is 0.265 e. The molecule has 100 valence electrons. The fourth-order valence-corrected chi connectivity index (χ4v) is 2.85. The van der Waals surface area contributed by atoms with Gasteiger partial charge in [-0.15, -0.1) is 0 Å². The van der Waals surface area contributed by atoms with Gasteiger partial charge < -0.3 is 4.98 Å². The Labute approximate surface area is 119 Å². The lowest BCUT2D eigenvalue weighted by atomic mass is 10.1. The van der Waals surface area contributed by atoms with Gasteiger partial charge in [0.15, 0.2) is 0 Å². The first-order valence-electron chi connectivity index (χ1n) is 6.29. The Morgan fingerprint density at radius 2 is 2.05 bits per heavy atom. The molecule has 1 N–H and O–H groups in total. The normalized spacial score (nSPS) is 14.9. The number of aryl methyl sites for hydroxylation is 2. The highest BCUT2D eigenvalue weighted by Gasteiger charge is 2.29. The number of H-pyrrole nitrogens is 1. The molecule has 3 rings (SSSR count). The van der Waals surface area contributed by atoms with E-state index < -0.39 is 0 Å². The van der Waals surface area contributed by atoms with Crippen LogP contribution in [0.25, 0.3) is 11.4 Å². The number of rotatable bonds is 2. The van der Waals surface area contributed by atoms with Crippen LogP contribution in [0.2, 0.25) is 0 Å². The van der Waals surface area contributed by atoms with Crippen molar-refractivity contribution in [3.8, 4) is 11.4 Å². The van der Waals surface area contributed by atoms with Gasteiger partial charge in [0.25, 0.3) is 5.56 Å². The van der Waals surface area contributed by atoms with E-state index in [4.69, 9.17) is 0 Å². The van der Waals surface area contributed by atoms with E-state index in [1.807, 2.05) is 25.6 Å². The molecule has 0 spiro atoms. The van der Waals surface area contributed by atoms with E-state index in [9.17, 15) is 4.79 Å². The number of nitrogens with one attached hydrogen (secondary N) is 1. The molecule has 0 aliphatic heterocycles. The second kappa shape index (κ2) is 4.30. The molecule has 2 aromatic heterocycles. The Kier molecular flexibility index (Phi) is 2.85. The highest BCUT2D eigenvalue weighted by molar-refractivity contribution is 9.10. The lowest BCUT2D eigenvalue weighted by Crippen LogP contribution is -2.13. The maximum atomic E-state index is 12.0. The predicted molar refractivity (Wildman–Crippen MR) is 76.2 cm³/mol. The van der Waals surface area contributed by atoms with Crippen molar-refractivity contribution >= 4 is 15.9 Å². The molecule has 2 aromatic rings. The first-order chi connectivity index (χ1) is 8.99. The van der Waals surface area contributed by atoms with Gasteiger partial charge in [0, 0.05) is 18.7 Å². The molecule has 0 unspecified atom stereocenters. The van der Waals surface area contributed by atoms with E-state index in [0.29, 0.717) is 16.2 Å². The Bertz CT molecular complexity index is 712. The molecule has 1 saturated carbocycles. The highest BCUT2D eigenvalue weighted by Crippen LogP contribution is 2.41. The van der Waals surface area contributed by atoms with Crippen LogP contribution < -0.4 is 5.56 Å². The third-order valence-electron chi connectivity index (χ3n) is 3.60. The molecule has 0 amide bonds. The van der Waals surface area contributed by atoms with Gasteiger partial charge in [0.05, 0.1) is 17.0 Å². The zero-order chi connectivity index (χ0) is 13.7. The Morgan fingerprint density at radius 1 is 1.37 bits per heavy atom. The molecular formula is C13H15BrN4O. The fraction of sp³-hybridized carbons (Fsp3) is 0.462. The number of aromatic amines is 1. The van der Waals surface area contributed by atoms with Crippen LogP contribution in [0.1, 0.15) is 35.8 Å². The van der Waals surface area contributed by atoms with Crippen LogP contribution in [0.4, 0.5) is 0 Å².